The van der Waals surface area contributed by atoms with Crippen molar-refractivity contribution in [2.24, 2.45) is 5.73 Å². The van der Waals surface area contributed by atoms with E-state index in [9.17, 15) is 4.79 Å². The molecule has 1 amide bonds. The fraction of sp³-hybridized carbons (Fsp3) is 0.316. The minimum absolute atomic E-state index is 0.0328. The van der Waals surface area contributed by atoms with Crippen LogP contribution in [0.15, 0.2) is 48.5 Å². The normalized spacial score (nSPS) is 16.8. The van der Waals surface area contributed by atoms with Crippen LogP contribution in [0.2, 0.25) is 0 Å². The second-order valence-electron chi connectivity index (χ2n) is 5.88. The number of anilines is 1. The van der Waals surface area contributed by atoms with E-state index in [1.807, 2.05) is 42.5 Å². The van der Waals surface area contributed by atoms with Crippen LogP contribution in [0.4, 0.5) is 5.69 Å². The summed E-state index contributed by atoms with van der Waals surface area (Å²) < 4.78 is 5.63. The highest BCUT2D eigenvalue weighted by molar-refractivity contribution is 6.07. The van der Waals surface area contributed by atoms with E-state index in [2.05, 4.69) is 6.92 Å². The molecule has 0 saturated heterocycles. The molecular weight excluding hydrogens is 288 g/mol. The first-order valence-electron chi connectivity index (χ1n) is 8.07. The van der Waals surface area contributed by atoms with Crippen molar-refractivity contribution < 1.29 is 9.53 Å². The molecule has 0 aromatic heterocycles. The van der Waals surface area contributed by atoms with E-state index in [1.165, 1.54) is 0 Å². The predicted molar refractivity (Wildman–Crippen MR) is 92.0 cm³/mol. The second-order valence-corrected chi connectivity index (χ2v) is 5.88. The van der Waals surface area contributed by atoms with E-state index in [4.69, 9.17) is 10.5 Å². The van der Waals surface area contributed by atoms with Gasteiger partial charge in [0.25, 0.3) is 5.91 Å². The van der Waals surface area contributed by atoms with Crippen LogP contribution in [0.5, 0.6) is 5.75 Å². The smallest absolute Gasteiger partial charge is 0.258 e. The Morgan fingerprint density at radius 3 is 2.91 bits per heavy atom. The zero-order valence-corrected chi connectivity index (χ0v) is 13.4. The van der Waals surface area contributed by atoms with Crippen LogP contribution >= 0.6 is 0 Å². The highest BCUT2D eigenvalue weighted by Gasteiger charge is 2.27. The monoisotopic (exact) mass is 310 g/mol. The zero-order chi connectivity index (χ0) is 16.2. The molecule has 1 heterocycles. The summed E-state index contributed by atoms with van der Waals surface area (Å²) in [6.07, 6.45) is 1.74. The topological polar surface area (TPSA) is 55.6 Å². The molecule has 1 aliphatic rings. The Kier molecular flexibility index (Phi) is 4.63. The molecule has 0 radical (unpaired) electrons. The SMILES string of the molecule is CCCOc1cccc(C(=O)N2CC(N)Cc3ccccc32)c1. The van der Waals surface area contributed by atoms with Gasteiger partial charge in [-0.3, -0.25) is 4.79 Å². The van der Waals surface area contributed by atoms with E-state index < -0.39 is 0 Å². The molecule has 23 heavy (non-hydrogen) atoms. The maximum Gasteiger partial charge on any atom is 0.258 e. The maximum absolute atomic E-state index is 12.9. The third kappa shape index (κ3) is 3.37. The number of fused-ring (bicyclic) bond motifs is 1. The summed E-state index contributed by atoms with van der Waals surface area (Å²) in [5.41, 5.74) is 8.84. The van der Waals surface area contributed by atoms with Crippen molar-refractivity contribution in [2.75, 3.05) is 18.1 Å². The van der Waals surface area contributed by atoms with Gasteiger partial charge in [-0.2, -0.15) is 0 Å². The number of amides is 1. The lowest BCUT2D eigenvalue weighted by Gasteiger charge is -2.33. The first-order valence-corrected chi connectivity index (χ1v) is 8.07. The molecule has 2 N–H and O–H groups in total. The van der Waals surface area contributed by atoms with Crippen LogP contribution in [-0.2, 0) is 6.42 Å². The second kappa shape index (κ2) is 6.84. The van der Waals surface area contributed by atoms with Gasteiger partial charge in [0.05, 0.1) is 6.61 Å². The molecule has 0 aliphatic carbocycles. The first kappa shape index (κ1) is 15.6. The van der Waals surface area contributed by atoms with E-state index in [-0.39, 0.29) is 11.9 Å². The molecule has 0 fully saturated rings. The van der Waals surface area contributed by atoms with Crippen LogP contribution in [0.25, 0.3) is 0 Å². The van der Waals surface area contributed by atoms with Gasteiger partial charge < -0.3 is 15.4 Å². The van der Waals surface area contributed by atoms with Gasteiger partial charge in [0.2, 0.25) is 0 Å². The minimum Gasteiger partial charge on any atom is -0.494 e. The fourth-order valence-electron chi connectivity index (χ4n) is 2.91. The van der Waals surface area contributed by atoms with Gasteiger partial charge in [0, 0.05) is 23.8 Å². The molecule has 1 unspecified atom stereocenters. The summed E-state index contributed by atoms with van der Waals surface area (Å²) in [4.78, 5) is 14.7. The lowest BCUT2D eigenvalue weighted by Crippen LogP contribution is -2.46. The lowest BCUT2D eigenvalue weighted by molar-refractivity contribution is 0.0983. The summed E-state index contributed by atoms with van der Waals surface area (Å²) in [7, 11) is 0. The predicted octanol–water partition coefficient (Wildman–Crippen LogP) is 3.01. The molecular formula is C19H22N2O2. The number of hydrogen-bond acceptors (Lipinski definition) is 3. The molecule has 0 spiro atoms. The molecule has 2 aromatic carbocycles. The molecule has 2 aromatic rings. The van der Waals surface area contributed by atoms with E-state index in [1.54, 1.807) is 11.0 Å². The largest absolute Gasteiger partial charge is 0.494 e. The van der Waals surface area contributed by atoms with Crippen LogP contribution < -0.4 is 15.4 Å². The summed E-state index contributed by atoms with van der Waals surface area (Å²) in [5, 5.41) is 0. The van der Waals surface area contributed by atoms with Gasteiger partial charge in [0.1, 0.15) is 5.75 Å². The summed E-state index contributed by atoms with van der Waals surface area (Å²) in [6, 6.07) is 15.3. The van der Waals surface area contributed by atoms with Crippen molar-refractivity contribution in [3.05, 3.63) is 59.7 Å². The molecule has 3 rings (SSSR count). The van der Waals surface area contributed by atoms with Gasteiger partial charge in [-0.1, -0.05) is 31.2 Å². The van der Waals surface area contributed by atoms with Gasteiger partial charge in [-0.15, -0.1) is 0 Å². The number of para-hydroxylation sites is 1. The summed E-state index contributed by atoms with van der Waals surface area (Å²) in [6.45, 7) is 3.24. The molecule has 120 valence electrons. The average molecular weight is 310 g/mol. The lowest BCUT2D eigenvalue weighted by atomic mass is 9.97. The molecule has 0 saturated carbocycles. The van der Waals surface area contributed by atoms with Crippen LogP contribution in [0, 0.1) is 0 Å². The molecule has 0 bridgehead atoms. The zero-order valence-electron chi connectivity index (χ0n) is 13.4. The Morgan fingerprint density at radius 1 is 1.26 bits per heavy atom. The standard InChI is InChI=1S/C19H22N2O2/c1-2-10-23-17-8-5-7-15(12-17)19(22)21-13-16(20)11-14-6-3-4-9-18(14)21/h3-9,12,16H,2,10-11,13,20H2,1H3. The van der Waals surface area contributed by atoms with Crippen LogP contribution in [-0.4, -0.2) is 25.1 Å². The van der Waals surface area contributed by atoms with Gasteiger partial charge in [-0.05, 0) is 42.7 Å². The highest BCUT2D eigenvalue weighted by Crippen LogP contribution is 2.28. The number of ether oxygens (including phenoxy) is 1. The molecule has 4 nitrogen and oxygen atoms in total. The van der Waals surface area contributed by atoms with Crippen molar-refractivity contribution >= 4 is 11.6 Å². The third-order valence-electron chi connectivity index (χ3n) is 3.98. The Hall–Kier alpha value is -2.33. The van der Waals surface area contributed by atoms with Gasteiger partial charge in [0.15, 0.2) is 0 Å². The number of nitrogens with two attached hydrogens (primary N) is 1. The van der Waals surface area contributed by atoms with E-state index >= 15 is 0 Å². The van der Waals surface area contributed by atoms with Crippen molar-refractivity contribution in [1.82, 2.24) is 0 Å². The molecule has 1 atom stereocenters. The van der Waals surface area contributed by atoms with Crippen LogP contribution in [0.1, 0.15) is 29.3 Å². The summed E-state index contributed by atoms with van der Waals surface area (Å²) in [5.74, 6) is 0.696. The quantitative estimate of drug-likeness (QED) is 0.944. The van der Waals surface area contributed by atoms with Crippen molar-refractivity contribution in [2.45, 2.75) is 25.8 Å². The number of rotatable bonds is 4. The molecule has 4 heteroatoms. The Morgan fingerprint density at radius 2 is 2.09 bits per heavy atom. The number of hydrogen-bond donors (Lipinski definition) is 1. The number of nitrogens with zero attached hydrogens (tertiary/aromatic N) is 1. The number of carbonyl (C=O) groups excluding carboxylic acids is 1. The van der Waals surface area contributed by atoms with E-state index in [0.29, 0.717) is 18.7 Å². The van der Waals surface area contributed by atoms with Crippen molar-refractivity contribution in [1.29, 1.82) is 0 Å². The molecule has 1 aliphatic heterocycles. The van der Waals surface area contributed by atoms with Gasteiger partial charge in [-0.25, -0.2) is 0 Å². The average Bonchev–Trinajstić information content (AvgIpc) is 2.58. The fourth-order valence-corrected chi connectivity index (χ4v) is 2.91. The Bertz CT molecular complexity index is 699. The van der Waals surface area contributed by atoms with Crippen molar-refractivity contribution in [3.63, 3.8) is 0 Å². The maximum atomic E-state index is 12.9. The summed E-state index contributed by atoms with van der Waals surface area (Å²) >= 11 is 0. The Labute approximate surface area is 136 Å². The van der Waals surface area contributed by atoms with Crippen molar-refractivity contribution in [3.8, 4) is 5.75 Å². The van der Waals surface area contributed by atoms with E-state index in [0.717, 1.165) is 29.8 Å². The van der Waals surface area contributed by atoms with Gasteiger partial charge >= 0.3 is 0 Å². The highest BCUT2D eigenvalue weighted by atomic mass is 16.5. The first-order chi connectivity index (χ1) is 11.2. The van der Waals surface area contributed by atoms with Crippen LogP contribution in [0.3, 0.4) is 0 Å². The number of benzene rings is 2. The Balaban J connectivity index is 1.88. The minimum atomic E-state index is -0.0339. The third-order valence-corrected chi connectivity index (χ3v) is 3.98. The number of carbonyl (C=O) groups is 1.